The van der Waals surface area contributed by atoms with E-state index in [9.17, 15) is 14.7 Å². The average molecular weight is 425 g/mol. The second-order valence-corrected chi connectivity index (χ2v) is 7.38. The summed E-state index contributed by atoms with van der Waals surface area (Å²) < 4.78 is 0. The number of anilines is 1. The van der Waals surface area contributed by atoms with E-state index >= 15 is 0 Å². The van der Waals surface area contributed by atoms with Crippen LogP contribution in [0.2, 0.25) is 5.02 Å². The Morgan fingerprint density at radius 1 is 1.27 bits per heavy atom. The maximum atomic E-state index is 12.7. The number of hydrogen-bond donors (Lipinski definition) is 4. The number of rotatable bonds is 7. The normalized spacial score (nSPS) is 12.8. The Morgan fingerprint density at radius 2 is 2.03 bits per heavy atom. The number of benzene rings is 2. The first-order valence-electron chi connectivity index (χ1n) is 9.33. The summed E-state index contributed by atoms with van der Waals surface area (Å²) in [5, 5.41) is 25.9. The SMILES string of the molecule is Cc1c(N[C@@H](C(=O)CNC(=O)c2ccc3[nH]ccc3c2)[C@H](C)O)ccc(C#N)c1Cl. The topological polar surface area (TPSA) is 118 Å². The number of nitrogens with one attached hydrogen (secondary N) is 3. The molecule has 3 aromatic rings. The van der Waals surface area contributed by atoms with Crippen LogP contribution < -0.4 is 10.6 Å². The van der Waals surface area contributed by atoms with Crippen molar-refractivity contribution in [3.05, 3.63) is 64.3 Å². The Kier molecular flexibility index (Phi) is 6.40. The minimum atomic E-state index is -1.01. The molecule has 0 saturated heterocycles. The van der Waals surface area contributed by atoms with Crippen molar-refractivity contribution in [3.63, 3.8) is 0 Å². The van der Waals surface area contributed by atoms with Crippen LogP contribution in [0.25, 0.3) is 10.9 Å². The van der Waals surface area contributed by atoms with Crippen LogP contribution in [0, 0.1) is 18.3 Å². The van der Waals surface area contributed by atoms with Crippen LogP contribution in [0.1, 0.15) is 28.4 Å². The molecule has 0 bridgehead atoms. The first-order valence-corrected chi connectivity index (χ1v) is 9.71. The molecule has 0 fully saturated rings. The molecule has 1 aromatic heterocycles. The summed E-state index contributed by atoms with van der Waals surface area (Å²) in [6.07, 6.45) is 0.769. The van der Waals surface area contributed by atoms with E-state index in [0.29, 0.717) is 22.4 Å². The first-order chi connectivity index (χ1) is 14.3. The van der Waals surface area contributed by atoms with Crippen molar-refractivity contribution in [1.82, 2.24) is 10.3 Å². The number of carbonyl (C=O) groups is 2. The van der Waals surface area contributed by atoms with Crippen LogP contribution in [-0.2, 0) is 4.79 Å². The lowest BCUT2D eigenvalue weighted by atomic mass is 10.0. The summed E-state index contributed by atoms with van der Waals surface area (Å²) in [6, 6.07) is 11.3. The molecular weight excluding hydrogens is 404 g/mol. The van der Waals surface area contributed by atoms with Gasteiger partial charge in [-0.1, -0.05) is 11.6 Å². The van der Waals surface area contributed by atoms with Gasteiger partial charge in [0.15, 0.2) is 5.78 Å². The number of Topliss-reactive ketones (excluding diaryl/α,β-unsaturated/α-hetero) is 1. The summed E-state index contributed by atoms with van der Waals surface area (Å²) in [5.41, 5.74) is 2.80. The Hall–Kier alpha value is -3.34. The van der Waals surface area contributed by atoms with Gasteiger partial charge in [0.2, 0.25) is 0 Å². The standard InChI is InChI=1S/C22H21ClN4O3/c1-12-17(5-4-16(10-24)20(12)23)27-21(13(2)28)19(29)11-26-22(30)15-3-6-18-14(9-15)7-8-25-18/h3-9,13,21,25,27-28H,11H2,1-2H3,(H,26,30)/t13-,21+/m0/s1. The number of aliphatic hydroxyl groups is 1. The monoisotopic (exact) mass is 424 g/mol. The Morgan fingerprint density at radius 3 is 2.73 bits per heavy atom. The van der Waals surface area contributed by atoms with Gasteiger partial charge in [0.05, 0.1) is 23.2 Å². The third-order valence-electron chi connectivity index (χ3n) is 4.89. The van der Waals surface area contributed by atoms with E-state index in [2.05, 4.69) is 15.6 Å². The van der Waals surface area contributed by atoms with Gasteiger partial charge in [0.25, 0.3) is 5.91 Å². The van der Waals surface area contributed by atoms with Crippen LogP contribution in [0.15, 0.2) is 42.6 Å². The number of fused-ring (bicyclic) bond motifs is 1. The van der Waals surface area contributed by atoms with Crippen LogP contribution in [0.3, 0.4) is 0 Å². The van der Waals surface area contributed by atoms with Gasteiger partial charge in [-0.25, -0.2) is 0 Å². The maximum absolute atomic E-state index is 12.7. The van der Waals surface area contributed by atoms with E-state index in [1.54, 1.807) is 43.5 Å². The Bertz CT molecular complexity index is 1150. The minimum Gasteiger partial charge on any atom is -0.391 e. The second kappa shape index (κ2) is 8.99. The van der Waals surface area contributed by atoms with Crippen LogP contribution in [0.4, 0.5) is 5.69 Å². The zero-order valence-electron chi connectivity index (χ0n) is 16.5. The molecule has 1 heterocycles. The van der Waals surface area contributed by atoms with Crippen molar-refractivity contribution < 1.29 is 14.7 Å². The third kappa shape index (κ3) is 4.46. The number of carbonyl (C=O) groups excluding carboxylic acids is 2. The van der Waals surface area contributed by atoms with Crippen LogP contribution >= 0.6 is 11.6 Å². The smallest absolute Gasteiger partial charge is 0.251 e. The molecule has 30 heavy (non-hydrogen) atoms. The molecule has 3 rings (SSSR count). The number of ketones is 1. The second-order valence-electron chi connectivity index (χ2n) is 7.00. The number of hydrogen-bond acceptors (Lipinski definition) is 5. The highest BCUT2D eigenvalue weighted by molar-refractivity contribution is 6.32. The third-order valence-corrected chi connectivity index (χ3v) is 5.37. The molecule has 0 spiro atoms. The van der Waals surface area contributed by atoms with Crippen molar-refractivity contribution in [1.29, 1.82) is 5.26 Å². The average Bonchev–Trinajstić information content (AvgIpc) is 3.20. The summed E-state index contributed by atoms with van der Waals surface area (Å²) in [6.45, 7) is 2.95. The van der Waals surface area contributed by atoms with E-state index in [-0.39, 0.29) is 23.3 Å². The van der Waals surface area contributed by atoms with Gasteiger partial charge in [-0.3, -0.25) is 9.59 Å². The van der Waals surface area contributed by atoms with Gasteiger partial charge >= 0.3 is 0 Å². The van der Waals surface area contributed by atoms with E-state index in [4.69, 9.17) is 16.9 Å². The number of nitrogens with zero attached hydrogens (tertiary/aromatic N) is 1. The lowest BCUT2D eigenvalue weighted by Crippen LogP contribution is -2.45. The molecule has 0 unspecified atom stereocenters. The number of aromatic nitrogens is 1. The molecular formula is C22H21ClN4O3. The predicted molar refractivity (Wildman–Crippen MR) is 116 cm³/mol. The van der Waals surface area contributed by atoms with E-state index < -0.39 is 12.1 Å². The van der Waals surface area contributed by atoms with Crippen molar-refractivity contribution in [2.75, 3.05) is 11.9 Å². The molecule has 0 aliphatic carbocycles. The lowest BCUT2D eigenvalue weighted by molar-refractivity contribution is -0.120. The van der Waals surface area contributed by atoms with Crippen LogP contribution in [-0.4, -0.2) is 40.5 Å². The zero-order chi connectivity index (χ0) is 21.8. The largest absolute Gasteiger partial charge is 0.391 e. The Balaban J connectivity index is 1.69. The highest BCUT2D eigenvalue weighted by atomic mass is 35.5. The molecule has 7 nitrogen and oxygen atoms in total. The molecule has 2 aromatic carbocycles. The van der Waals surface area contributed by atoms with E-state index in [1.165, 1.54) is 6.92 Å². The summed E-state index contributed by atoms with van der Waals surface area (Å²) >= 11 is 6.18. The number of aliphatic hydroxyl groups excluding tert-OH is 1. The fourth-order valence-corrected chi connectivity index (χ4v) is 3.35. The summed E-state index contributed by atoms with van der Waals surface area (Å²) in [5.74, 6) is -0.769. The Labute approximate surface area is 178 Å². The van der Waals surface area contributed by atoms with Gasteiger partial charge in [-0.2, -0.15) is 5.26 Å². The fourth-order valence-electron chi connectivity index (χ4n) is 3.14. The molecule has 0 saturated carbocycles. The number of aromatic amines is 1. The molecule has 0 radical (unpaired) electrons. The van der Waals surface area contributed by atoms with Gasteiger partial charge in [0.1, 0.15) is 12.1 Å². The summed E-state index contributed by atoms with van der Waals surface area (Å²) in [7, 11) is 0. The lowest BCUT2D eigenvalue weighted by Gasteiger charge is -2.23. The van der Waals surface area contributed by atoms with Crippen molar-refractivity contribution in [2.45, 2.75) is 26.0 Å². The highest BCUT2D eigenvalue weighted by Crippen LogP contribution is 2.27. The maximum Gasteiger partial charge on any atom is 0.251 e. The number of halogens is 1. The first kappa shape index (κ1) is 21.4. The van der Waals surface area contributed by atoms with Gasteiger partial charge < -0.3 is 20.7 Å². The zero-order valence-corrected chi connectivity index (χ0v) is 17.2. The van der Waals surface area contributed by atoms with Gasteiger partial charge in [-0.15, -0.1) is 0 Å². The fraction of sp³-hybridized carbons (Fsp3) is 0.227. The van der Waals surface area contributed by atoms with E-state index in [0.717, 1.165) is 10.9 Å². The minimum absolute atomic E-state index is 0.254. The molecule has 0 aliphatic heterocycles. The summed E-state index contributed by atoms with van der Waals surface area (Å²) in [4.78, 5) is 28.2. The van der Waals surface area contributed by atoms with E-state index in [1.807, 2.05) is 12.1 Å². The molecule has 2 atom stereocenters. The molecule has 154 valence electrons. The molecule has 1 amide bonds. The van der Waals surface area contributed by atoms with Crippen molar-refractivity contribution in [2.24, 2.45) is 0 Å². The molecule has 8 heteroatoms. The van der Waals surface area contributed by atoms with Gasteiger partial charge in [0, 0.05) is 28.4 Å². The van der Waals surface area contributed by atoms with Crippen molar-refractivity contribution >= 4 is 39.9 Å². The quantitative estimate of drug-likeness (QED) is 0.464. The predicted octanol–water partition coefficient (Wildman–Crippen LogP) is 3.16. The van der Waals surface area contributed by atoms with Gasteiger partial charge in [-0.05, 0) is 55.8 Å². The number of amides is 1. The number of nitriles is 1. The molecule has 4 N–H and O–H groups in total. The number of H-pyrrole nitrogens is 1. The highest BCUT2D eigenvalue weighted by Gasteiger charge is 2.25. The van der Waals surface area contributed by atoms with Crippen molar-refractivity contribution in [3.8, 4) is 6.07 Å². The molecule has 0 aliphatic rings. The van der Waals surface area contributed by atoms with Crippen LogP contribution in [0.5, 0.6) is 0 Å².